The first-order valence-corrected chi connectivity index (χ1v) is 6.66. The Kier molecular flexibility index (Phi) is 4.24. The number of pyridine rings is 1. The lowest BCUT2D eigenvalue weighted by Crippen LogP contribution is -2.21. The van der Waals surface area contributed by atoms with Crippen molar-refractivity contribution in [3.05, 3.63) is 46.7 Å². The highest BCUT2D eigenvalue weighted by atomic mass is 79.9. The van der Waals surface area contributed by atoms with Crippen LogP contribution in [0.4, 0.5) is 5.69 Å². The van der Waals surface area contributed by atoms with Gasteiger partial charge in [-0.05, 0) is 40.2 Å². The minimum Gasteiger partial charge on any atom is -0.454 e. The molecule has 0 spiro atoms. The Labute approximate surface area is 125 Å². The molecule has 104 valence electrons. The molecule has 0 saturated carbocycles. The van der Waals surface area contributed by atoms with E-state index in [0.29, 0.717) is 22.7 Å². The van der Waals surface area contributed by atoms with E-state index in [2.05, 4.69) is 20.9 Å². The van der Waals surface area contributed by atoms with E-state index in [9.17, 15) is 4.79 Å². The van der Waals surface area contributed by atoms with Crippen LogP contribution >= 0.6 is 15.9 Å². The van der Waals surface area contributed by atoms with E-state index in [1.807, 2.05) is 0 Å². The summed E-state index contributed by atoms with van der Waals surface area (Å²) in [4.78, 5) is 17.3. The summed E-state index contributed by atoms with van der Waals surface area (Å²) < 4.78 is 6.46. The van der Waals surface area contributed by atoms with Gasteiger partial charge in [0.2, 0.25) is 0 Å². The minimum atomic E-state index is -0.104. The van der Waals surface area contributed by atoms with Gasteiger partial charge < -0.3 is 15.4 Å². The average Bonchev–Trinajstić information content (AvgIpc) is 2.40. The van der Waals surface area contributed by atoms with E-state index < -0.39 is 0 Å². The Bertz CT molecular complexity index is 644. The van der Waals surface area contributed by atoms with Crippen molar-refractivity contribution in [2.24, 2.45) is 0 Å². The van der Waals surface area contributed by atoms with E-state index in [1.165, 1.54) is 4.90 Å². The molecular formula is C14H14BrN3O2. The average molecular weight is 336 g/mol. The number of rotatable bonds is 3. The number of hydrogen-bond donors (Lipinski definition) is 1. The fourth-order valence-electron chi connectivity index (χ4n) is 1.61. The van der Waals surface area contributed by atoms with Crippen molar-refractivity contribution in [2.45, 2.75) is 0 Å². The van der Waals surface area contributed by atoms with E-state index in [0.717, 1.165) is 4.47 Å². The van der Waals surface area contributed by atoms with Gasteiger partial charge in [0.15, 0.2) is 0 Å². The topological polar surface area (TPSA) is 68.5 Å². The summed E-state index contributed by atoms with van der Waals surface area (Å²) in [5, 5.41) is 0. The van der Waals surface area contributed by atoms with E-state index >= 15 is 0 Å². The zero-order valence-corrected chi connectivity index (χ0v) is 12.7. The van der Waals surface area contributed by atoms with Gasteiger partial charge in [0.1, 0.15) is 11.5 Å². The molecule has 2 N–H and O–H groups in total. The van der Waals surface area contributed by atoms with Gasteiger partial charge in [-0.1, -0.05) is 0 Å². The number of aromatic nitrogens is 1. The van der Waals surface area contributed by atoms with Crippen LogP contribution in [0, 0.1) is 0 Å². The molecule has 1 amide bonds. The summed E-state index contributed by atoms with van der Waals surface area (Å²) in [5.74, 6) is 0.949. The summed E-state index contributed by atoms with van der Waals surface area (Å²) in [5.41, 5.74) is 6.84. The summed E-state index contributed by atoms with van der Waals surface area (Å²) in [6, 6.07) is 6.74. The first-order valence-electron chi connectivity index (χ1n) is 5.87. The lowest BCUT2D eigenvalue weighted by Gasteiger charge is -2.13. The van der Waals surface area contributed by atoms with Gasteiger partial charge in [-0.3, -0.25) is 9.78 Å². The number of nitrogens with two attached hydrogens (primary N) is 1. The highest BCUT2D eigenvalue weighted by Gasteiger charge is 2.11. The second kappa shape index (κ2) is 5.92. The van der Waals surface area contributed by atoms with Crippen molar-refractivity contribution in [1.82, 2.24) is 9.88 Å². The highest BCUT2D eigenvalue weighted by Crippen LogP contribution is 2.29. The predicted molar refractivity (Wildman–Crippen MR) is 80.9 cm³/mol. The second-order valence-corrected chi connectivity index (χ2v) is 5.31. The zero-order chi connectivity index (χ0) is 14.7. The molecule has 0 atom stereocenters. The molecule has 0 saturated heterocycles. The van der Waals surface area contributed by atoms with Crippen LogP contribution in [0.1, 0.15) is 10.4 Å². The van der Waals surface area contributed by atoms with Crippen molar-refractivity contribution < 1.29 is 9.53 Å². The molecule has 5 nitrogen and oxygen atoms in total. The Morgan fingerprint density at radius 3 is 2.65 bits per heavy atom. The number of benzene rings is 1. The van der Waals surface area contributed by atoms with Crippen LogP contribution in [0.25, 0.3) is 0 Å². The number of anilines is 1. The van der Waals surface area contributed by atoms with Crippen LogP contribution in [-0.4, -0.2) is 29.9 Å². The number of amides is 1. The maximum atomic E-state index is 11.8. The van der Waals surface area contributed by atoms with Crippen LogP contribution in [-0.2, 0) is 0 Å². The first-order chi connectivity index (χ1) is 9.47. The van der Waals surface area contributed by atoms with Crippen molar-refractivity contribution >= 4 is 27.5 Å². The normalized spacial score (nSPS) is 10.2. The Hall–Kier alpha value is -2.08. The van der Waals surface area contributed by atoms with Gasteiger partial charge in [0.05, 0.1) is 11.9 Å². The molecule has 1 aromatic carbocycles. The molecule has 2 aromatic rings. The maximum Gasteiger partial charge on any atom is 0.253 e. The number of halogens is 1. The monoisotopic (exact) mass is 335 g/mol. The van der Waals surface area contributed by atoms with Gasteiger partial charge in [0.25, 0.3) is 5.91 Å². The Morgan fingerprint density at radius 2 is 2.05 bits per heavy atom. The van der Waals surface area contributed by atoms with Crippen molar-refractivity contribution in [3.63, 3.8) is 0 Å². The van der Waals surface area contributed by atoms with Crippen LogP contribution in [0.15, 0.2) is 41.1 Å². The zero-order valence-electron chi connectivity index (χ0n) is 11.1. The third-order valence-electron chi connectivity index (χ3n) is 2.57. The molecule has 0 unspecified atom stereocenters. The quantitative estimate of drug-likeness (QED) is 0.875. The molecule has 0 fully saturated rings. The Balaban J connectivity index is 2.24. The standard InChI is InChI=1S/C14H14BrN3O2/c1-18(2)14(19)9-3-4-13(12(16)5-9)20-11-6-10(15)7-17-8-11/h3-8H,16H2,1-2H3. The lowest BCUT2D eigenvalue weighted by atomic mass is 10.1. The van der Waals surface area contributed by atoms with Crippen molar-refractivity contribution in [2.75, 3.05) is 19.8 Å². The molecule has 1 heterocycles. The second-order valence-electron chi connectivity index (χ2n) is 4.39. The molecule has 0 radical (unpaired) electrons. The van der Waals surface area contributed by atoms with E-state index in [1.54, 1.807) is 50.8 Å². The number of nitrogen functional groups attached to an aromatic ring is 1. The van der Waals surface area contributed by atoms with E-state index in [4.69, 9.17) is 10.5 Å². The largest absolute Gasteiger partial charge is 0.454 e. The minimum absolute atomic E-state index is 0.104. The van der Waals surface area contributed by atoms with Gasteiger partial charge in [-0.2, -0.15) is 0 Å². The van der Waals surface area contributed by atoms with Gasteiger partial charge in [0, 0.05) is 30.3 Å². The van der Waals surface area contributed by atoms with Crippen molar-refractivity contribution in [3.8, 4) is 11.5 Å². The molecule has 0 aliphatic rings. The van der Waals surface area contributed by atoms with Gasteiger partial charge in [-0.25, -0.2) is 0 Å². The predicted octanol–water partition coefficient (Wildman–Crippen LogP) is 2.92. The number of nitrogens with zero attached hydrogens (tertiary/aromatic N) is 2. The molecule has 20 heavy (non-hydrogen) atoms. The summed E-state index contributed by atoms with van der Waals surface area (Å²) >= 11 is 3.32. The summed E-state index contributed by atoms with van der Waals surface area (Å²) in [6.45, 7) is 0. The van der Waals surface area contributed by atoms with E-state index in [-0.39, 0.29) is 5.91 Å². The number of hydrogen-bond acceptors (Lipinski definition) is 4. The third-order valence-corrected chi connectivity index (χ3v) is 3.00. The molecule has 0 aliphatic heterocycles. The molecule has 6 heteroatoms. The van der Waals surface area contributed by atoms with Crippen LogP contribution in [0.3, 0.4) is 0 Å². The molecular weight excluding hydrogens is 322 g/mol. The van der Waals surface area contributed by atoms with Crippen LogP contribution in [0.5, 0.6) is 11.5 Å². The molecule has 2 rings (SSSR count). The Morgan fingerprint density at radius 1 is 1.30 bits per heavy atom. The van der Waals surface area contributed by atoms with Crippen LogP contribution in [0.2, 0.25) is 0 Å². The first kappa shape index (κ1) is 14.3. The number of carbonyl (C=O) groups is 1. The summed E-state index contributed by atoms with van der Waals surface area (Å²) in [6.07, 6.45) is 3.25. The SMILES string of the molecule is CN(C)C(=O)c1ccc(Oc2cncc(Br)c2)c(N)c1. The molecule has 0 aliphatic carbocycles. The number of ether oxygens (including phenoxy) is 1. The number of carbonyl (C=O) groups excluding carboxylic acids is 1. The van der Waals surface area contributed by atoms with Gasteiger partial charge >= 0.3 is 0 Å². The summed E-state index contributed by atoms with van der Waals surface area (Å²) in [7, 11) is 3.38. The maximum absolute atomic E-state index is 11.8. The smallest absolute Gasteiger partial charge is 0.253 e. The molecule has 1 aromatic heterocycles. The highest BCUT2D eigenvalue weighted by molar-refractivity contribution is 9.10. The lowest BCUT2D eigenvalue weighted by molar-refractivity contribution is 0.0827. The third kappa shape index (κ3) is 3.27. The van der Waals surface area contributed by atoms with Crippen molar-refractivity contribution in [1.29, 1.82) is 0 Å². The fraction of sp³-hybridized carbons (Fsp3) is 0.143. The molecule has 0 bridgehead atoms. The fourth-order valence-corrected chi connectivity index (χ4v) is 1.95. The van der Waals surface area contributed by atoms with Crippen LogP contribution < -0.4 is 10.5 Å². The van der Waals surface area contributed by atoms with Gasteiger partial charge in [-0.15, -0.1) is 0 Å².